The Bertz CT molecular complexity index is 816. The molecule has 29 heavy (non-hydrogen) atoms. The molecule has 2 aromatic carbocycles. The number of hydrogen-bond acceptors (Lipinski definition) is 5. The predicted octanol–water partition coefficient (Wildman–Crippen LogP) is 2.42. The fourth-order valence-electron chi connectivity index (χ4n) is 3.85. The van der Waals surface area contributed by atoms with Crippen LogP contribution in [-0.4, -0.2) is 69.8 Å². The number of nitrogens with zero attached hydrogens (tertiary/aromatic N) is 3. The lowest BCUT2D eigenvalue weighted by Gasteiger charge is -2.36. The summed E-state index contributed by atoms with van der Waals surface area (Å²) in [4.78, 5) is 19.1. The number of carbonyl (C=O) groups excluding carboxylic acids is 1. The lowest BCUT2D eigenvalue weighted by Crippen LogP contribution is -2.50. The average Bonchev–Trinajstić information content (AvgIpc) is 2.79. The number of anilines is 3. The molecule has 7 heteroatoms. The molecule has 0 atom stereocenters. The van der Waals surface area contributed by atoms with E-state index in [1.807, 2.05) is 23.1 Å². The van der Waals surface area contributed by atoms with Gasteiger partial charge < -0.3 is 24.8 Å². The quantitative estimate of drug-likeness (QED) is 0.838. The highest BCUT2D eigenvalue weighted by atomic mass is 19.1. The molecule has 0 spiro atoms. The van der Waals surface area contributed by atoms with Crippen LogP contribution in [0.25, 0.3) is 0 Å². The molecular formula is C22H27FN4O2. The summed E-state index contributed by atoms with van der Waals surface area (Å²) in [5, 5.41) is 3.33. The highest BCUT2D eigenvalue weighted by Gasteiger charge is 2.22. The van der Waals surface area contributed by atoms with E-state index in [1.165, 1.54) is 12.1 Å². The largest absolute Gasteiger partial charge is 0.378 e. The molecule has 0 unspecified atom stereocenters. The van der Waals surface area contributed by atoms with E-state index in [1.54, 1.807) is 12.1 Å². The fourth-order valence-corrected chi connectivity index (χ4v) is 3.85. The van der Waals surface area contributed by atoms with Crippen molar-refractivity contribution in [3.8, 4) is 0 Å². The molecule has 0 radical (unpaired) electrons. The van der Waals surface area contributed by atoms with Gasteiger partial charge in [0.2, 0.25) is 5.91 Å². The first kappa shape index (κ1) is 19.5. The zero-order valence-corrected chi connectivity index (χ0v) is 16.5. The smallest absolute Gasteiger partial charge is 0.241 e. The van der Waals surface area contributed by atoms with Crippen molar-refractivity contribution in [2.45, 2.75) is 0 Å². The third kappa shape index (κ3) is 4.79. The van der Waals surface area contributed by atoms with Gasteiger partial charge in [0.15, 0.2) is 0 Å². The van der Waals surface area contributed by atoms with Crippen LogP contribution >= 0.6 is 0 Å². The second-order valence-corrected chi connectivity index (χ2v) is 7.31. The first-order valence-electron chi connectivity index (χ1n) is 10.1. The van der Waals surface area contributed by atoms with Crippen molar-refractivity contribution >= 4 is 23.0 Å². The number of ether oxygens (including phenoxy) is 1. The average molecular weight is 398 g/mol. The number of benzene rings is 2. The van der Waals surface area contributed by atoms with Crippen molar-refractivity contribution in [1.29, 1.82) is 0 Å². The summed E-state index contributed by atoms with van der Waals surface area (Å²) < 4.78 is 18.5. The minimum atomic E-state index is -0.231. The van der Waals surface area contributed by atoms with Crippen LogP contribution < -0.4 is 15.1 Å². The summed E-state index contributed by atoms with van der Waals surface area (Å²) >= 11 is 0. The van der Waals surface area contributed by atoms with Crippen LogP contribution in [0.4, 0.5) is 21.5 Å². The molecule has 1 amide bonds. The number of amides is 1. The molecule has 0 saturated carbocycles. The maximum atomic E-state index is 13.1. The molecule has 6 nitrogen and oxygen atoms in total. The Balaban J connectivity index is 1.30. The third-order valence-electron chi connectivity index (χ3n) is 5.51. The fraction of sp³-hybridized carbons (Fsp3) is 0.409. The molecular weight excluding hydrogens is 371 g/mol. The summed E-state index contributed by atoms with van der Waals surface area (Å²) in [7, 11) is 0. The van der Waals surface area contributed by atoms with E-state index >= 15 is 0 Å². The van der Waals surface area contributed by atoms with Gasteiger partial charge in [0.1, 0.15) is 5.82 Å². The van der Waals surface area contributed by atoms with Gasteiger partial charge in [-0.2, -0.15) is 0 Å². The number of piperazine rings is 1. The van der Waals surface area contributed by atoms with Crippen LogP contribution in [-0.2, 0) is 9.53 Å². The van der Waals surface area contributed by atoms with Gasteiger partial charge in [0.05, 0.1) is 31.1 Å². The van der Waals surface area contributed by atoms with Crippen LogP contribution in [0.1, 0.15) is 0 Å². The van der Waals surface area contributed by atoms with Gasteiger partial charge in [-0.15, -0.1) is 0 Å². The van der Waals surface area contributed by atoms with Crippen molar-refractivity contribution in [3.05, 3.63) is 54.3 Å². The Hall–Kier alpha value is -2.80. The molecule has 4 rings (SSSR count). The Labute approximate surface area is 170 Å². The number of carbonyl (C=O) groups is 1. The molecule has 2 aromatic rings. The molecule has 0 aromatic heterocycles. The van der Waals surface area contributed by atoms with Crippen LogP contribution in [0.2, 0.25) is 0 Å². The first-order valence-corrected chi connectivity index (χ1v) is 10.1. The van der Waals surface area contributed by atoms with E-state index in [-0.39, 0.29) is 18.3 Å². The maximum Gasteiger partial charge on any atom is 0.241 e. The summed E-state index contributed by atoms with van der Waals surface area (Å²) in [5.41, 5.74) is 3.09. The van der Waals surface area contributed by atoms with E-state index < -0.39 is 0 Å². The predicted molar refractivity (Wildman–Crippen MR) is 113 cm³/mol. The number of hydrogen-bond donors (Lipinski definition) is 1. The van der Waals surface area contributed by atoms with Crippen LogP contribution in [0, 0.1) is 5.82 Å². The molecule has 2 heterocycles. The van der Waals surface area contributed by atoms with Crippen molar-refractivity contribution in [3.63, 3.8) is 0 Å². The monoisotopic (exact) mass is 398 g/mol. The number of halogens is 1. The Morgan fingerprint density at radius 1 is 0.897 bits per heavy atom. The maximum absolute atomic E-state index is 13.1. The molecule has 154 valence electrons. The molecule has 2 fully saturated rings. The molecule has 2 aliphatic rings. The zero-order chi connectivity index (χ0) is 20.1. The second kappa shape index (κ2) is 9.13. The van der Waals surface area contributed by atoms with Gasteiger partial charge in [-0.3, -0.25) is 4.79 Å². The lowest BCUT2D eigenvalue weighted by molar-refractivity contribution is -0.129. The molecule has 2 aliphatic heterocycles. The Kier molecular flexibility index (Phi) is 6.14. The van der Waals surface area contributed by atoms with Gasteiger partial charge in [-0.05, 0) is 36.4 Å². The molecule has 1 N–H and O–H groups in total. The van der Waals surface area contributed by atoms with Gasteiger partial charge in [0, 0.05) is 45.0 Å². The highest BCUT2D eigenvalue weighted by Crippen LogP contribution is 2.26. The molecule has 0 bridgehead atoms. The molecule has 0 aliphatic carbocycles. The standard InChI is InChI=1S/C22H27FN4O2/c23-18-5-7-19(8-6-18)25-9-11-27(12-10-25)22(28)17-24-20-3-1-2-4-21(20)26-13-15-29-16-14-26/h1-8,24H,9-17H2. The number of rotatable bonds is 5. The van der Waals surface area contributed by atoms with Crippen molar-refractivity contribution < 1.29 is 13.9 Å². The third-order valence-corrected chi connectivity index (χ3v) is 5.51. The number of morpholine rings is 1. The van der Waals surface area contributed by atoms with Gasteiger partial charge >= 0.3 is 0 Å². The number of para-hydroxylation sites is 2. The van der Waals surface area contributed by atoms with Crippen LogP contribution in [0.5, 0.6) is 0 Å². The topological polar surface area (TPSA) is 48.1 Å². The first-order chi connectivity index (χ1) is 14.2. The van der Waals surface area contributed by atoms with Gasteiger partial charge in [-0.1, -0.05) is 12.1 Å². The van der Waals surface area contributed by atoms with Crippen molar-refractivity contribution in [2.75, 3.05) is 74.1 Å². The summed E-state index contributed by atoms with van der Waals surface area (Å²) in [6, 6.07) is 14.6. The number of nitrogens with one attached hydrogen (secondary N) is 1. The normalized spacial score (nSPS) is 17.3. The SMILES string of the molecule is O=C(CNc1ccccc1N1CCOCC1)N1CCN(c2ccc(F)cc2)CC1. The minimum Gasteiger partial charge on any atom is -0.378 e. The van der Waals surface area contributed by atoms with Crippen molar-refractivity contribution in [1.82, 2.24) is 4.90 Å². The van der Waals surface area contributed by atoms with E-state index in [0.717, 1.165) is 56.5 Å². The summed E-state index contributed by atoms with van der Waals surface area (Å²) in [6.45, 7) is 6.29. The second-order valence-electron chi connectivity index (χ2n) is 7.31. The van der Waals surface area contributed by atoms with E-state index in [2.05, 4.69) is 21.2 Å². The zero-order valence-electron chi connectivity index (χ0n) is 16.5. The molecule has 2 saturated heterocycles. The summed E-state index contributed by atoms with van der Waals surface area (Å²) in [5.74, 6) is -0.133. The summed E-state index contributed by atoms with van der Waals surface area (Å²) in [6.07, 6.45) is 0. The van der Waals surface area contributed by atoms with E-state index in [0.29, 0.717) is 13.1 Å². The Morgan fingerprint density at radius 3 is 2.31 bits per heavy atom. The van der Waals surface area contributed by atoms with Gasteiger partial charge in [0.25, 0.3) is 0 Å². The highest BCUT2D eigenvalue weighted by molar-refractivity contribution is 5.83. The lowest BCUT2D eigenvalue weighted by atomic mass is 10.2. The minimum absolute atomic E-state index is 0.0977. The van der Waals surface area contributed by atoms with Crippen LogP contribution in [0.15, 0.2) is 48.5 Å². The van der Waals surface area contributed by atoms with Crippen LogP contribution in [0.3, 0.4) is 0 Å². The Morgan fingerprint density at radius 2 is 1.59 bits per heavy atom. The van der Waals surface area contributed by atoms with E-state index in [9.17, 15) is 9.18 Å². The van der Waals surface area contributed by atoms with Gasteiger partial charge in [-0.25, -0.2) is 4.39 Å². The van der Waals surface area contributed by atoms with Crippen molar-refractivity contribution in [2.24, 2.45) is 0 Å². The van der Waals surface area contributed by atoms with E-state index in [4.69, 9.17) is 4.74 Å².